The summed E-state index contributed by atoms with van der Waals surface area (Å²) in [7, 11) is 0. The first-order chi connectivity index (χ1) is 9.43. The minimum atomic E-state index is -2.19. The topological polar surface area (TPSA) is 21.6 Å². The van der Waals surface area contributed by atoms with Crippen LogP contribution in [0.1, 0.15) is 38.7 Å². The van der Waals surface area contributed by atoms with Crippen LogP contribution >= 0.6 is 0 Å². The van der Waals surface area contributed by atoms with Gasteiger partial charge in [0.1, 0.15) is 6.61 Å². The van der Waals surface area contributed by atoms with Gasteiger partial charge >= 0.3 is 0 Å². The molecular weight excluding hydrogens is 281 g/mol. The summed E-state index contributed by atoms with van der Waals surface area (Å²) in [6, 6.07) is 0. The van der Waals surface area contributed by atoms with Crippen LogP contribution in [0.4, 0.5) is 22.0 Å². The molecule has 1 aromatic carbocycles. The normalized spacial score (nSPS) is 11.8. The van der Waals surface area contributed by atoms with Crippen LogP contribution in [0.25, 0.3) is 0 Å². The number of rotatable bonds is 6. The summed E-state index contributed by atoms with van der Waals surface area (Å²) in [6.45, 7) is 2.91. The summed E-state index contributed by atoms with van der Waals surface area (Å²) >= 11 is 0. The van der Waals surface area contributed by atoms with Crippen molar-refractivity contribution in [3.63, 3.8) is 0 Å². The Labute approximate surface area is 113 Å². The van der Waals surface area contributed by atoms with Crippen LogP contribution in [0.15, 0.2) is 5.16 Å². The molecule has 1 rings (SSSR count). The van der Waals surface area contributed by atoms with Crippen LogP contribution in [0.2, 0.25) is 0 Å². The Bertz CT molecular complexity index is 487. The highest BCUT2D eigenvalue weighted by atomic mass is 19.2. The maximum atomic E-state index is 13.3. The summed E-state index contributed by atoms with van der Waals surface area (Å²) in [6.07, 6.45) is 2.01. The summed E-state index contributed by atoms with van der Waals surface area (Å²) in [5.41, 5.74) is -0.381. The summed E-state index contributed by atoms with van der Waals surface area (Å²) < 4.78 is 65.3. The number of hydrogen-bond acceptors (Lipinski definition) is 2. The van der Waals surface area contributed by atoms with Crippen molar-refractivity contribution >= 4 is 5.71 Å². The van der Waals surface area contributed by atoms with Gasteiger partial charge in [-0.15, -0.1) is 0 Å². The Balaban J connectivity index is 2.94. The molecule has 112 valence electrons. The van der Waals surface area contributed by atoms with Gasteiger partial charge in [-0.1, -0.05) is 25.4 Å². The van der Waals surface area contributed by atoms with E-state index in [-0.39, 0.29) is 0 Å². The van der Waals surface area contributed by atoms with Crippen molar-refractivity contribution in [1.82, 2.24) is 0 Å². The van der Waals surface area contributed by atoms with Gasteiger partial charge in [0.05, 0.1) is 11.3 Å². The Hall–Kier alpha value is -1.66. The van der Waals surface area contributed by atoms with E-state index in [2.05, 4.69) is 9.99 Å². The molecule has 0 spiro atoms. The zero-order chi connectivity index (χ0) is 15.3. The second-order valence-corrected chi connectivity index (χ2v) is 4.08. The van der Waals surface area contributed by atoms with Crippen LogP contribution < -0.4 is 0 Å². The molecule has 0 atom stereocenters. The molecule has 0 saturated heterocycles. The molecule has 0 fully saturated rings. The predicted molar refractivity (Wildman–Crippen MR) is 63.7 cm³/mol. The van der Waals surface area contributed by atoms with E-state index >= 15 is 0 Å². The third-order valence-corrected chi connectivity index (χ3v) is 2.65. The Kier molecular flexibility index (Phi) is 5.91. The predicted octanol–water partition coefficient (Wildman–Crippen LogP) is 4.46. The highest BCUT2D eigenvalue weighted by Gasteiger charge is 2.25. The Morgan fingerprint density at radius 3 is 1.85 bits per heavy atom. The molecule has 0 aromatic heterocycles. The van der Waals surface area contributed by atoms with Gasteiger partial charge in [-0.3, -0.25) is 0 Å². The lowest BCUT2D eigenvalue weighted by Crippen LogP contribution is -2.08. The van der Waals surface area contributed by atoms with E-state index in [9.17, 15) is 22.0 Å². The van der Waals surface area contributed by atoms with Gasteiger partial charge < -0.3 is 4.84 Å². The molecule has 0 radical (unpaired) electrons. The highest BCUT2D eigenvalue weighted by Crippen LogP contribution is 2.23. The third-order valence-electron chi connectivity index (χ3n) is 2.65. The van der Waals surface area contributed by atoms with Crippen molar-refractivity contribution in [1.29, 1.82) is 0 Å². The van der Waals surface area contributed by atoms with Crippen LogP contribution in [0.5, 0.6) is 0 Å². The number of hydrogen-bond donors (Lipinski definition) is 0. The molecule has 0 unspecified atom stereocenters. The van der Waals surface area contributed by atoms with Crippen molar-refractivity contribution in [2.45, 2.75) is 39.7 Å². The standard InChI is InChI=1S/C13H14F5NO/c1-3-5-7(4-2)19-20-6-8-9(14)11(16)13(18)12(17)10(8)15/h3-6H2,1-2H3/b19-7+. The quantitative estimate of drug-likeness (QED) is 0.249. The lowest BCUT2D eigenvalue weighted by atomic mass is 10.2. The second kappa shape index (κ2) is 7.21. The molecular formula is C13H14F5NO. The molecule has 0 N–H and O–H groups in total. The summed E-state index contributed by atoms with van der Waals surface area (Å²) in [5, 5.41) is 3.64. The monoisotopic (exact) mass is 295 g/mol. The van der Waals surface area contributed by atoms with Crippen molar-refractivity contribution < 1.29 is 26.8 Å². The van der Waals surface area contributed by atoms with E-state index in [1.165, 1.54) is 0 Å². The molecule has 0 aliphatic rings. The molecule has 0 heterocycles. The lowest BCUT2D eigenvalue weighted by Gasteiger charge is -2.08. The molecule has 1 aromatic rings. The van der Waals surface area contributed by atoms with Crippen LogP contribution in [-0.4, -0.2) is 5.71 Å². The van der Waals surface area contributed by atoms with Crippen LogP contribution in [-0.2, 0) is 11.4 Å². The fourth-order valence-electron chi connectivity index (χ4n) is 1.54. The van der Waals surface area contributed by atoms with Crippen molar-refractivity contribution in [3.05, 3.63) is 34.6 Å². The van der Waals surface area contributed by atoms with Gasteiger partial charge in [0.15, 0.2) is 23.3 Å². The Morgan fingerprint density at radius 1 is 0.900 bits per heavy atom. The number of oxime groups is 1. The first-order valence-corrected chi connectivity index (χ1v) is 6.11. The first kappa shape index (κ1) is 16.4. The van der Waals surface area contributed by atoms with Gasteiger partial charge in [0, 0.05) is 0 Å². The van der Waals surface area contributed by atoms with Crippen molar-refractivity contribution in [2.24, 2.45) is 5.16 Å². The SMILES string of the molecule is CCC/C(CC)=N/OCc1c(F)c(F)c(F)c(F)c1F. The fourth-order valence-corrected chi connectivity index (χ4v) is 1.54. The highest BCUT2D eigenvalue weighted by molar-refractivity contribution is 5.83. The maximum absolute atomic E-state index is 13.3. The minimum absolute atomic E-state index is 0.574. The maximum Gasteiger partial charge on any atom is 0.200 e. The zero-order valence-corrected chi connectivity index (χ0v) is 11.1. The van der Waals surface area contributed by atoms with E-state index in [1.54, 1.807) is 0 Å². The van der Waals surface area contributed by atoms with E-state index in [0.717, 1.165) is 6.42 Å². The van der Waals surface area contributed by atoms with Crippen LogP contribution in [0, 0.1) is 29.1 Å². The molecule has 0 aliphatic heterocycles. The zero-order valence-electron chi connectivity index (χ0n) is 11.1. The number of halogens is 5. The van der Waals surface area contributed by atoms with Gasteiger partial charge in [0.2, 0.25) is 5.82 Å². The molecule has 0 saturated carbocycles. The van der Waals surface area contributed by atoms with Crippen molar-refractivity contribution in [2.75, 3.05) is 0 Å². The van der Waals surface area contributed by atoms with E-state index in [0.29, 0.717) is 18.6 Å². The molecule has 0 bridgehead atoms. The number of benzene rings is 1. The summed E-state index contributed by atoms with van der Waals surface area (Å²) in [5.74, 6) is -9.96. The molecule has 0 amide bonds. The summed E-state index contributed by atoms with van der Waals surface area (Å²) in [4.78, 5) is 4.69. The van der Waals surface area contributed by atoms with Gasteiger partial charge in [-0.2, -0.15) is 0 Å². The third kappa shape index (κ3) is 3.46. The average molecular weight is 295 g/mol. The Morgan fingerprint density at radius 2 is 1.40 bits per heavy atom. The largest absolute Gasteiger partial charge is 0.391 e. The van der Waals surface area contributed by atoms with E-state index in [1.807, 2.05) is 13.8 Å². The smallest absolute Gasteiger partial charge is 0.200 e. The fraction of sp³-hybridized carbons (Fsp3) is 0.462. The molecule has 20 heavy (non-hydrogen) atoms. The van der Waals surface area contributed by atoms with Gasteiger partial charge in [-0.05, 0) is 12.8 Å². The van der Waals surface area contributed by atoms with Gasteiger partial charge in [0.25, 0.3) is 0 Å². The van der Waals surface area contributed by atoms with E-state index < -0.39 is 41.3 Å². The van der Waals surface area contributed by atoms with E-state index in [4.69, 9.17) is 0 Å². The molecule has 7 heteroatoms. The lowest BCUT2D eigenvalue weighted by molar-refractivity contribution is 0.122. The second-order valence-electron chi connectivity index (χ2n) is 4.08. The number of nitrogens with zero attached hydrogens (tertiary/aromatic N) is 1. The molecule has 0 aliphatic carbocycles. The van der Waals surface area contributed by atoms with Crippen LogP contribution in [0.3, 0.4) is 0 Å². The minimum Gasteiger partial charge on any atom is -0.391 e. The van der Waals surface area contributed by atoms with Gasteiger partial charge in [-0.25, -0.2) is 22.0 Å². The molecule has 2 nitrogen and oxygen atoms in total. The van der Waals surface area contributed by atoms with Crippen molar-refractivity contribution in [3.8, 4) is 0 Å². The average Bonchev–Trinajstić information content (AvgIpc) is 2.45. The first-order valence-electron chi connectivity index (χ1n) is 6.11.